The largest absolute Gasteiger partial charge is 0.497 e. The minimum atomic E-state index is 0.0134. The third-order valence-electron chi connectivity index (χ3n) is 5.89. The van der Waals surface area contributed by atoms with E-state index in [0.29, 0.717) is 25.1 Å². The molecule has 6 heteroatoms. The van der Waals surface area contributed by atoms with Crippen molar-refractivity contribution in [3.05, 3.63) is 59.7 Å². The van der Waals surface area contributed by atoms with Crippen molar-refractivity contribution in [2.45, 2.75) is 18.9 Å². The molecular formula is C23H27N3O3. The summed E-state index contributed by atoms with van der Waals surface area (Å²) in [7, 11) is 3.75. The molecule has 152 valence electrons. The zero-order valence-electron chi connectivity index (χ0n) is 17.0. The second-order valence-corrected chi connectivity index (χ2v) is 7.72. The lowest BCUT2D eigenvalue weighted by molar-refractivity contribution is -0.117. The summed E-state index contributed by atoms with van der Waals surface area (Å²) in [6.07, 6.45) is 1.45. The summed E-state index contributed by atoms with van der Waals surface area (Å²) in [6.45, 7) is 2.83. The van der Waals surface area contributed by atoms with Gasteiger partial charge in [0, 0.05) is 43.9 Å². The van der Waals surface area contributed by atoms with E-state index in [9.17, 15) is 9.59 Å². The smallest absolute Gasteiger partial charge is 0.254 e. The first-order valence-corrected chi connectivity index (χ1v) is 10.1. The molecule has 0 aromatic heterocycles. The van der Waals surface area contributed by atoms with Gasteiger partial charge in [-0.3, -0.25) is 14.5 Å². The SMILES string of the molecule is COc1cccc(C2CN(C(=O)c3cccc(N4CCCC4=O)c3)CCN2C)c1. The molecule has 2 amide bonds. The molecule has 2 aliphatic heterocycles. The average Bonchev–Trinajstić information content (AvgIpc) is 3.19. The van der Waals surface area contributed by atoms with Gasteiger partial charge in [-0.05, 0) is 49.4 Å². The topological polar surface area (TPSA) is 53.1 Å². The van der Waals surface area contributed by atoms with Crippen molar-refractivity contribution in [2.24, 2.45) is 0 Å². The Kier molecular flexibility index (Phi) is 5.53. The Labute approximate surface area is 171 Å². The number of nitrogens with zero attached hydrogens (tertiary/aromatic N) is 3. The molecule has 29 heavy (non-hydrogen) atoms. The van der Waals surface area contributed by atoms with Crippen LogP contribution in [0.2, 0.25) is 0 Å². The van der Waals surface area contributed by atoms with Crippen LogP contribution < -0.4 is 9.64 Å². The van der Waals surface area contributed by atoms with Gasteiger partial charge in [-0.2, -0.15) is 0 Å². The summed E-state index contributed by atoms with van der Waals surface area (Å²) in [5, 5.41) is 0. The molecule has 2 fully saturated rings. The van der Waals surface area contributed by atoms with Crippen molar-refractivity contribution in [2.75, 3.05) is 45.2 Å². The first-order valence-electron chi connectivity index (χ1n) is 10.1. The zero-order chi connectivity index (χ0) is 20.4. The molecule has 2 heterocycles. The number of hydrogen-bond acceptors (Lipinski definition) is 4. The third kappa shape index (κ3) is 3.98. The van der Waals surface area contributed by atoms with Gasteiger partial charge in [0.05, 0.1) is 13.2 Å². The Balaban J connectivity index is 1.53. The molecule has 6 nitrogen and oxygen atoms in total. The van der Waals surface area contributed by atoms with E-state index in [2.05, 4.69) is 18.0 Å². The van der Waals surface area contributed by atoms with Gasteiger partial charge in [-0.25, -0.2) is 0 Å². The van der Waals surface area contributed by atoms with Crippen molar-refractivity contribution >= 4 is 17.5 Å². The van der Waals surface area contributed by atoms with Crippen LogP contribution in [0.25, 0.3) is 0 Å². The number of hydrogen-bond donors (Lipinski definition) is 0. The summed E-state index contributed by atoms with van der Waals surface area (Å²) < 4.78 is 5.36. The van der Waals surface area contributed by atoms with Crippen LogP contribution in [0.4, 0.5) is 5.69 Å². The quantitative estimate of drug-likeness (QED) is 0.802. The highest BCUT2D eigenvalue weighted by Gasteiger charge is 2.30. The molecule has 0 bridgehead atoms. The molecule has 0 spiro atoms. The molecule has 2 aromatic rings. The van der Waals surface area contributed by atoms with E-state index in [1.807, 2.05) is 47.4 Å². The molecule has 1 atom stereocenters. The number of rotatable bonds is 4. The number of amides is 2. The number of carbonyl (C=O) groups excluding carboxylic acids is 2. The summed E-state index contributed by atoms with van der Waals surface area (Å²) in [5.74, 6) is 0.967. The minimum absolute atomic E-state index is 0.0134. The number of benzene rings is 2. The van der Waals surface area contributed by atoms with E-state index >= 15 is 0 Å². The average molecular weight is 393 g/mol. The fraction of sp³-hybridized carbons (Fsp3) is 0.391. The number of piperazine rings is 1. The number of anilines is 1. The lowest BCUT2D eigenvalue weighted by Gasteiger charge is -2.40. The highest BCUT2D eigenvalue weighted by molar-refractivity contribution is 5.99. The first kappa shape index (κ1) is 19.5. The van der Waals surface area contributed by atoms with E-state index in [4.69, 9.17) is 4.74 Å². The number of likely N-dealkylation sites (N-methyl/N-ethyl adjacent to an activating group) is 1. The van der Waals surface area contributed by atoms with Crippen LogP contribution in [0.3, 0.4) is 0 Å². The van der Waals surface area contributed by atoms with Gasteiger partial charge in [0.2, 0.25) is 5.91 Å². The Morgan fingerprint density at radius 2 is 1.90 bits per heavy atom. The molecule has 1 unspecified atom stereocenters. The van der Waals surface area contributed by atoms with Crippen molar-refractivity contribution < 1.29 is 14.3 Å². The van der Waals surface area contributed by atoms with E-state index in [-0.39, 0.29) is 17.9 Å². The molecule has 2 aliphatic rings. The van der Waals surface area contributed by atoms with Crippen LogP contribution in [0.5, 0.6) is 5.75 Å². The van der Waals surface area contributed by atoms with Crippen molar-refractivity contribution in [1.82, 2.24) is 9.80 Å². The fourth-order valence-electron chi connectivity index (χ4n) is 4.18. The molecule has 4 rings (SSSR count). The summed E-state index contributed by atoms with van der Waals surface area (Å²) in [6, 6.07) is 15.6. The highest BCUT2D eigenvalue weighted by Crippen LogP contribution is 2.28. The van der Waals surface area contributed by atoms with E-state index in [0.717, 1.165) is 36.5 Å². The van der Waals surface area contributed by atoms with Gasteiger partial charge in [0.25, 0.3) is 5.91 Å². The molecule has 2 aromatic carbocycles. The third-order valence-corrected chi connectivity index (χ3v) is 5.89. The van der Waals surface area contributed by atoms with Gasteiger partial charge in [-0.15, -0.1) is 0 Å². The number of methoxy groups -OCH3 is 1. The van der Waals surface area contributed by atoms with Gasteiger partial charge >= 0.3 is 0 Å². The second-order valence-electron chi connectivity index (χ2n) is 7.72. The minimum Gasteiger partial charge on any atom is -0.497 e. The van der Waals surface area contributed by atoms with Crippen LogP contribution >= 0.6 is 0 Å². The molecular weight excluding hydrogens is 366 g/mol. The van der Waals surface area contributed by atoms with Crippen LogP contribution in [0.1, 0.15) is 34.8 Å². The monoisotopic (exact) mass is 393 g/mol. The lowest BCUT2D eigenvalue weighted by Crippen LogP contribution is -2.49. The second kappa shape index (κ2) is 8.25. The maximum Gasteiger partial charge on any atom is 0.254 e. The summed E-state index contributed by atoms with van der Waals surface area (Å²) in [5.41, 5.74) is 2.59. The maximum atomic E-state index is 13.2. The Morgan fingerprint density at radius 1 is 1.07 bits per heavy atom. The van der Waals surface area contributed by atoms with Crippen LogP contribution in [0, 0.1) is 0 Å². The zero-order valence-corrected chi connectivity index (χ0v) is 17.0. The highest BCUT2D eigenvalue weighted by atomic mass is 16.5. The standard InChI is InChI=1S/C23H27N3O3/c1-24-12-13-25(16-21(24)17-6-4-9-20(15-17)29-2)23(28)18-7-3-8-19(14-18)26-11-5-10-22(26)27/h3-4,6-9,14-15,21H,5,10-13,16H2,1-2H3. The first-order chi connectivity index (χ1) is 14.1. The molecule has 0 aliphatic carbocycles. The Morgan fingerprint density at radius 3 is 2.66 bits per heavy atom. The van der Waals surface area contributed by atoms with Crippen LogP contribution in [-0.4, -0.2) is 62.0 Å². The molecule has 0 radical (unpaired) electrons. The van der Waals surface area contributed by atoms with E-state index in [1.165, 1.54) is 0 Å². The van der Waals surface area contributed by atoms with E-state index < -0.39 is 0 Å². The Hall–Kier alpha value is -2.86. The van der Waals surface area contributed by atoms with Crippen molar-refractivity contribution in [3.8, 4) is 5.75 Å². The molecule has 0 N–H and O–H groups in total. The predicted octanol–water partition coefficient (Wildman–Crippen LogP) is 2.95. The van der Waals surface area contributed by atoms with Gasteiger partial charge in [-0.1, -0.05) is 18.2 Å². The van der Waals surface area contributed by atoms with Gasteiger partial charge in [0.15, 0.2) is 0 Å². The number of carbonyl (C=O) groups is 2. The van der Waals surface area contributed by atoms with E-state index in [1.54, 1.807) is 12.0 Å². The summed E-state index contributed by atoms with van der Waals surface area (Å²) >= 11 is 0. The van der Waals surface area contributed by atoms with Crippen LogP contribution in [-0.2, 0) is 4.79 Å². The van der Waals surface area contributed by atoms with Gasteiger partial charge in [0.1, 0.15) is 5.75 Å². The van der Waals surface area contributed by atoms with Gasteiger partial charge < -0.3 is 14.5 Å². The van der Waals surface area contributed by atoms with Crippen molar-refractivity contribution in [3.63, 3.8) is 0 Å². The van der Waals surface area contributed by atoms with Crippen LogP contribution in [0.15, 0.2) is 48.5 Å². The maximum absolute atomic E-state index is 13.2. The predicted molar refractivity (Wildman–Crippen MR) is 112 cm³/mol. The van der Waals surface area contributed by atoms with Crippen molar-refractivity contribution in [1.29, 1.82) is 0 Å². The summed E-state index contributed by atoms with van der Waals surface area (Å²) in [4.78, 5) is 31.3. The molecule has 2 saturated heterocycles. The fourth-order valence-corrected chi connectivity index (χ4v) is 4.18. The Bertz CT molecular complexity index is 914. The lowest BCUT2D eigenvalue weighted by atomic mass is 10.0. The number of ether oxygens (including phenoxy) is 1. The normalized spacial score (nSPS) is 20.2. The molecule has 0 saturated carbocycles.